The molecular weight excluding hydrogens is 366 g/mol. The van der Waals surface area contributed by atoms with E-state index in [0.717, 1.165) is 16.9 Å². The highest BCUT2D eigenvalue weighted by Crippen LogP contribution is 2.24. The van der Waals surface area contributed by atoms with E-state index in [1.165, 1.54) is 0 Å². The quantitative estimate of drug-likeness (QED) is 0.672. The van der Waals surface area contributed by atoms with Crippen molar-refractivity contribution >= 4 is 23.2 Å². The van der Waals surface area contributed by atoms with Crippen molar-refractivity contribution in [3.05, 3.63) is 57.4 Å². The Balaban J connectivity index is 1.68. The van der Waals surface area contributed by atoms with Gasteiger partial charge in [0.25, 0.3) is 0 Å². The summed E-state index contributed by atoms with van der Waals surface area (Å²) >= 11 is 1.07. The Labute approximate surface area is 160 Å². The summed E-state index contributed by atoms with van der Waals surface area (Å²) in [5, 5.41) is 12.5. The number of hydrogen-bond donors (Lipinski definition) is 2. The Morgan fingerprint density at radius 2 is 1.93 bits per heavy atom. The van der Waals surface area contributed by atoms with Gasteiger partial charge in [-0.05, 0) is 32.9 Å². The van der Waals surface area contributed by atoms with Crippen molar-refractivity contribution in [2.24, 2.45) is 0 Å². The Morgan fingerprint density at radius 1 is 1.22 bits per heavy atom. The number of carboxylic acids is 1. The van der Waals surface area contributed by atoms with Gasteiger partial charge in [0.2, 0.25) is 11.8 Å². The van der Waals surface area contributed by atoms with E-state index in [1.807, 2.05) is 30.3 Å². The maximum atomic E-state index is 12.4. The van der Waals surface area contributed by atoms with Crippen molar-refractivity contribution in [2.75, 3.05) is 0 Å². The van der Waals surface area contributed by atoms with E-state index < -0.39 is 12.0 Å². The van der Waals surface area contributed by atoms with Crippen LogP contribution in [0.4, 0.5) is 0 Å². The lowest BCUT2D eigenvalue weighted by atomic mass is 10.2. The van der Waals surface area contributed by atoms with Gasteiger partial charge < -0.3 is 14.8 Å². The fourth-order valence-corrected chi connectivity index (χ4v) is 3.51. The van der Waals surface area contributed by atoms with Gasteiger partial charge in [-0.1, -0.05) is 18.2 Å². The second-order valence-corrected chi connectivity index (χ2v) is 7.16. The lowest BCUT2D eigenvalue weighted by Gasteiger charge is -2.10. The molecule has 0 aliphatic carbocycles. The van der Waals surface area contributed by atoms with Crippen LogP contribution in [-0.2, 0) is 11.2 Å². The molecule has 0 spiro atoms. The molecular formula is C19H19N3O4S. The molecule has 8 heteroatoms. The summed E-state index contributed by atoms with van der Waals surface area (Å²) in [7, 11) is 0. The van der Waals surface area contributed by atoms with E-state index in [-0.39, 0.29) is 17.2 Å². The molecule has 0 bridgehead atoms. The summed E-state index contributed by atoms with van der Waals surface area (Å²) < 4.78 is 5.67. The molecule has 7 nitrogen and oxygen atoms in total. The molecule has 3 rings (SSSR count). The van der Waals surface area contributed by atoms with E-state index in [2.05, 4.69) is 15.3 Å². The lowest BCUT2D eigenvalue weighted by molar-refractivity contribution is -0.121. The van der Waals surface area contributed by atoms with E-state index in [0.29, 0.717) is 28.0 Å². The Bertz CT molecular complexity index is 978. The van der Waals surface area contributed by atoms with Crippen LogP contribution in [0.2, 0.25) is 0 Å². The van der Waals surface area contributed by atoms with Gasteiger partial charge in [-0.25, -0.2) is 14.8 Å². The molecule has 2 heterocycles. The summed E-state index contributed by atoms with van der Waals surface area (Å²) in [6, 6.07) is 9.08. The predicted octanol–water partition coefficient (Wildman–Crippen LogP) is 3.53. The van der Waals surface area contributed by atoms with Crippen LogP contribution >= 0.6 is 11.3 Å². The number of thiazole rings is 1. The topological polar surface area (TPSA) is 105 Å². The fourth-order valence-electron chi connectivity index (χ4n) is 2.60. The predicted molar refractivity (Wildman–Crippen MR) is 101 cm³/mol. The number of hydrogen-bond acceptors (Lipinski definition) is 6. The lowest BCUT2D eigenvalue weighted by Crippen LogP contribution is -2.28. The van der Waals surface area contributed by atoms with Gasteiger partial charge in [0.1, 0.15) is 15.6 Å². The number of carboxylic acid groups (broad SMARTS) is 1. The standard InChI is InChI=1S/C19H19N3O4S/c1-10-16(19(24)25)27-18(21-10)11(2)20-15(23)9-14-12(3)26-17(22-14)13-7-5-4-6-8-13/h4-8,11H,9H2,1-3H3,(H,20,23)(H,24,25). The van der Waals surface area contributed by atoms with Crippen molar-refractivity contribution in [3.63, 3.8) is 0 Å². The number of amides is 1. The molecule has 2 N–H and O–H groups in total. The average molecular weight is 385 g/mol. The first-order chi connectivity index (χ1) is 12.8. The Morgan fingerprint density at radius 3 is 2.56 bits per heavy atom. The third-order valence-electron chi connectivity index (χ3n) is 4.00. The maximum Gasteiger partial charge on any atom is 0.347 e. The van der Waals surface area contributed by atoms with Crippen LogP contribution in [0.3, 0.4) is 0 Å². The molecule has 0 saturated carbocycles. The fraction of sp³-hybridized carbons (Fsp3) is 0.263. The number of carbonyl (C=O) groups is 2. The SMILES string of the molecule is Cc1nc(C(C)NC(=O)Cc2nc(-c3ccccc3)oc2C)sc1C(=O)O. The third kappa shape index (κ3) is 4.22. The number of aromatic carboxylic acids is 1. The highest BCUT2D eigenvalue weighted by molar-refractivity contribution is 7.13. The molecule has 0 aliphatic rings. The van der Waals surface area contributed by atoms with Crippen LogP contribution in [0, 0.1) is 13.8 Å². The van der Waals surface area contributed by atoms with Crippen LogP contribution in [0.25, 0.3) is 11.5 Å². The van der Waals surface area contributed by atoms with Gasteiger partial charge in [-0.3, -0.25) is 4.79 Å². The normalized spacial score (nSPS) is 12.0. The molecule has 1 aromatic carbocycles. The van der Waals surface area contributed by atoms with Crippen LogP contribution in [0.15, 0.2) is 34.7 Å². The van der Waals surface area contributed by atoms with Crippen LogP contribution in [0.5, 0.6) is 0 Å². The number of nitrogens with zero attached hydrogens (tertiary/aromatic N) is 2. The first-order valence-corrected chi connectivity index (χ1v) is 9.18. The number of oxazole rings is 1. The van der Waals surface area contributed by atoms with Crippen molar-refractivity contribution in [1.29, 1.82) is 0 Å². The second-order valence-electron chi connectivity index (χ2n) is 6.13. The summed E-state index contributed by atoms with van der Waals surface area (Å²) in [6.45, 7) is 5.18. The van der Waals surface area contributed by atoms with Gasteiger partial charge in [0.15, 0.2) is 0 Å². The summed E-state index contributed by atoms with van der Waals surface area (Å²) in [5.41, 5.74) is 1.86. The van der Waals surface area contributed by atoms with E-state index in [9.17, 15) is 9.59 Å². The Kier molecular flexibility index (Phi) is 5.36. The molecule has 1 amide bonds. The van der Waals surface area contributed by atoms with Crippen LogP contribution in [0.1, 0.15) is 44.8 Å². The zero-order valence-corrected chi connectivity index (χ0v) is 16.0. The average Bonchev–Trinajstić information content (AvgIpc) is 3.19. The van der Waals surface area contributed by atoms with Gasteiger partial charge in [0.05, 0.1) is 23.9 Å². The van der Waals surface area contributed by atoms with E-state index >= 15 is 0 Å². The molecule has 0 fully saturated rings. The molecule has 0 aliphatic heterocycles. The monoisotopic (exact) mass is 385 g/mol. The smallest absolute Gasteiger partial charge is 0.347 e. The first kappa shape index (κ1) is 18.8. The zero-order chi connectivity index (χ0) is 19.6. The van der Waals surface area contributed by atoms with Gasteiger partial charge >= 0.3 is 5.97 Å². The van der Waals surface area contributed by atoms with Gasteiger partial charge in [0, 0.05) is 5.56 Å². The largest absolute Gasteiger partial charge is 0.477 e. The summed E-state index contributed by atoms with van der Waals surface area (Å²) in [6.07, 6.45) is 0.0721. The highest BCUT2D eigenvalue weighted by atomic mass is 32.1. The molecule has 1 unspecified atom stereocenters. The van der Waals surface area contributed by atoms with Gasteiger partial charge in [-0.15, -0.1) is 11.3 Å². The maximum absolute atomic E-state index is 12.4. The van der Waals surface area contributed by atoms with Crippen molar-refractivity contribution < 1.29 is 19.1 Å². The number of rotatable bonds is 6. The van der Waals surface area contributed by atoms with Crippen molar-refractivity contribution in [3.8, 4) is 11.5 Å². The number of aromatic nitrogens is 2. The minimum absolute atomic E-state index is 0.0721. The number of carbonyl (C=O) groups excluding carboxylic acids is 1. The number of nitrogens with one attached hydrogen (secondary N) is 1. The number of aryl methyl sites for hydroxylation is 2. The summed E-state index contributed by atoms with van der Waals surface area (Å²) in [4.78, 5) is 32.4. The second kappa shape index (κ2) is 7.71. The third-order valence-corrected chi connectivity index (χ3v) is 5.32. The van der Waals surface area contributed by atoms with E-state index in [1.54, 1.807) is 20.8 Å². The summed E-state index contributed by atoms with van der Waals surface area (Å²) in [5.74, 6) is -0.176. The minimum Gasteiger partial charge on any atom is -0.477 e. The Hall–Kier alpha value is -3.00. The van der Waals surface area contributed by atoms with Crippen molar-refractivity contribution in [2.45, 2.75) is 33.2 Å². The molecule has 140 valence electrons. The highest BCUT2D eigenvalue weighted by Gasteiger charge is 2.20. The molecule has 0 radical (unpaired) electrons. The van der Waals surface area contributed by atoms with Gasteiger partial charge in [-0.2, -0.15) is 0 Å². The number of benzene rings is 1. The molecule has 3 aromatic rings. The van der Waals surface area contributed by atoms with E-state index in [4.69, 9.17) is 9.52 Å². The molecule has 27 heavy (non-hydrogen) atoms. The van der Waals surface area contributed by atoms with Crippen LogP contribution < -0.4 is 5.32 Å². The zero-order valence-electron chi connectivity index (χ0n) is 15.1. The van der Waals surface area contributed by atoms with Crippen LogP contribution in [-0.4, -0.2) is 27.0 Å². The molecule has 0 saturated heterocycles. The molecule has 1 atom stereocenters. The minimum atomic E-state index is -1.01. The van der Waals surface area contributed by atoms with Crippen molar-refractivity contribution in [1.82, 2.24) is 15.3 Å². The first-order valence-electron chi connectivity index (χ1n) is 8.37. The molecule has 2 aromatic heterocycles.